The van der Waals surface area contributed by atoms with Crippen molar-refractivity contribution in [2.45, 2.75) is 135 Å². The summed E-state index contributed by atoms with van der Waals surface area (Å²) >= 11 is 0. The summed E-state index contributed by atoms with van der Waals surface area (Å²) in [6, 6.07) is 2.72. The van der Waals surface area contributed by atoms with Gasteiger partial charge in [-0.1, -0.05) is 110 Å². The first-order valence-electron chi connectivity index (χ1n) is 12.6. The van der Waals surface area contributed by atoms with Crippen molar-refractivity contribution in [1.82, 2.24) is 0 Å². The average molecular weight is 531 g/mol. The summed E-state index contributed by atoms with van der Waals surface area (Å²) in [4.78, 5) is 0. The van der Waals surface area contributed by atoms with E-state index in [-0.39, 0.29) is 5.41 Å². The molecule has 0 saturated heterocycles. The molecule has 1 aliphatic rings. The van der Waals surface area contributed by atoms with Gasteiger partial charge in [0.2, 0.25) is 0 Å². The topological polar surface area (TPSA) is 9.23 Å². The van der Waals surface area contributed by atoms with E-state index in [9.17, 15) is 0 Å². The molecule has 0 spiro atoms. The Bertz CT molecular complexity index is 635. The molecule has 1 aliphatic heterocycles. The highest BCUT2D eigenvalue weighted by atomic mass is 28.5. The number of rotatable bonds is 7. The Labute approximate surface area is 203 Å². The van der Waals surface area contributed by atoms with Gasteiger partial charge in [0, 0.05) is 16.1 Å². The molecule has 1 rings (SSSR count). The molecule has 0 saturated carbocycles. The van der Waals surface area contributed by atoms with Crippen LogP contribution >= 0.6 is 0 Å². The van der Waals surface area contributed by atoms with Crippen molar-refractivity contribution in [3.8, 4) is 0 Å². The summed E-state index contributed by atoms with van der Waals surface area (Å²) < 4.78 is 8.26. The lowest BCUT2D eigenvalue weighted by Gasteiger charge is -2.68. The Morgan fingerprint density at radius 2 is 0.871 bits per heavy atom. The molecule has 1 nitrogen and oxygen atoms in total. The molecule has 7 heteroatoms. The fourth-order valence-corrected chi connectivity index (χ4v) is 55.1. The molecular formula is C24H58OSi6. The molecule has 0 fully saturated rings. The molecule has 0 radical (unpaired) electrons. The van der Waals surface area contributed by atoms with Crippen molar-refractivity contribution < 1.29 is 4.12 Å². The molecule has 0 aromatic heterocycles. The highest BCUT2D eigenvalue weighted by molar-refractivity contribution is 7.17. The smallest absolute Gasteiger partial charge is 0.188 e. The van der Waals surface area contributed by atoms with Gasteiger partial charge in [-0.2, -0.15) is 0 Å². The van der Waals surface area contributed by atoms with Gasteiger partial charge in [0.05, 0.1) is 16.1 Å². The van der Waals surface area contributed by atoms with E-state index in [1.165, 1.54) is 12.1 Å². The molecule has 0 amide bonds. The molecule has 0 N–H and O–H groups in total. The van der Waals surface area contributed by atoms with E-state index in [4.69, 9.17) is 4.12 Å². The third-order valence-electron chi connectivity index (χ3n) is 7.66. The van der Waals surface area contributed by atoms with E-state index < -0.39 is 48.9 Å². The quantitative estimate of drug-likeness (QED) is 0.298. The first-order chi connectivity index (χ1) is 13.1. The summed E-state index contributed by atoms with van der Waals surface area (Å²) in [7, 11) is -9.83. The Kier molecular flexibility index (Phi) is 8.04. The van der Waals surface area contributed by atoms with E-state index in [0.29, 0.717) is 4.28 Å². The third kappa shape index (κ3) is 5.48. The van der Waals surface area contributed by atoms with Crippen LogP contribution in [-0.4, -0.2) is 48.9 Å². The second kappa shape index (κ2) is 8.29. The van der Waals surface area contributed by atoms with E-state index in [2.05, 4.69) is 119 Å². The van der Waals surface area contributed by atoms with Gasteiger partial charge in [0.1, 0.15) is 0 Å². The zero-order valence-corrected chi connectivity index (χ0v) is 30.8. The van der Waals surface area contributed by atoms with Gasteiger partial charge in [-0.25, -0.2) is 0 Å². The second-order valence-electron chi connectivity index (χ2n) is 16.5. The molecular weight excluding hydrogens is 473 g/mol. The summed E-state index contributed by atoms with van der Waals surface area (Å²) in [5.41, 5.74) is 0.285. The molecule has 0 bridgehead atoms. The molecule has 0 aliphatic carbocycles. The van der Waals surface area contributed by atoms with Gasteiger partial charge in [-0.05, 0) is 41.4 Å². The molecule has 1 heterocycles. The van der Waals surface area contributed by atoms with Crippen LogP contribution in [0.5, 0.6) is 0 Å². The molecule has 0 aromatic rings. The van der Waals surface area contributed by atoms with Gasteiger partial charge >= 0.3 is 0 Å². The SMILES string of the molecule is CC(C)(C)C([Si](C)(C)C)([Si](C)(C)C)[Si]1(O[Si](C)(C)C)CC([Si](C)(C)C)=C([Si](C)(C)C)C1. The maximum Gasteiger partial charge on any atom is 0.188 e. The first kappa shape index (κ1) is 30.0. The van der Waals surface area contributed by atoms with Gasteiger partial charge in [0.15, 0.2) is 16.6 Å². The monoisotopic (exact) mass is 530 g/mol. The second-order valence-corrected chi connectivity index (χ2v) is 47.2. The summed E-state index contributed by atoms with van der Waals surface area (Å²) in [5, 5.41) is 3.89. The van der Waals surface area contributed by atoms with Crippen LogP contribution in [0.2, 0.25) is 115 Å². The minimum absolute atomic E-state index is 0.285. The number of allylic oxidation sites excluding steroid dienone is 2. The largest absolute Gasteiger partial charge is 0.455 e. The lowest BCUT2D eigenvalue weighted by Crippen LogP contribution is -2.75. The van der Waals surface area contributed by atoms with E-state index in [1.54, 1.807) is 0 Å². The lowest BCUT2D eigenvalue weighted by molar-refractivity contribution is 0.351. The van der Waals surface area contributed by atoms with Gasteiger partial charge in [-0.15, -0.1) is 0 Å². The number of hydrogen-bond acceptors (Lipinski definition) is 1. The van der Waals surface area contributed by atoms with Crippen molar-refractivity contribution in [3.05, 3.63) is 10.4 Å². The Morgan fingerprint density at radius 3 is 1.03 bits per heavy atom. The van der Waals surface area contributed by atoms with Crippen molar-refractivity contribution in [2.24, 2.45) is 5.41 Å². The van der Waals surface area contributed by atoms with Crippen molar-refractivity contribution in [3.63, 3.8) is 0 Å². The van der Waals surface area contributed by atoms with Crippen LogP contribution in [0.15, 0.2) is 10.4 Å². The third-order valence-corrected chi connectivity index (χ3v) is 38.9. The van der Waals surface area contributed by atoms with Crippen molar-refractivity contribution in [2.75, 3.05) is 0 Å². The fourth-order valence-electron chi connectivity index (χ4n) is 8.71. The maximum absolute atomic E-state index is 7.83. The van der Waals surface area contributed by atoms with Gasteiger partial charge in [0.25, 0.3) is 0 Å². The highest BCUT2D eigenvalue weighted by Gasteiger charge is 2.73. The highest BCUT2D eigenvalue weighted by Crippen LogP contribution is 2.69. The Hall–Kier alpha value is 1.00. The molecule has 31 heavy (non-hydrogen) atoms. The average Bonchev–Trinajstić information content (AvgIpc) is 2.70. The van der Waals surface area contributed by atoms with Gasteiger partial charge < -0.3 is 4.12 Å². The van der Waals surface area contributed by atoms with Gasteiger partial charge in [-0.3, -0.25) is 0 Å². The predicted molar refractivity (Wildman–Crippen MR) is 162 cm³/mol. The maximum atomic E-state index is 7.83. The normalized spacial score (nSPS) is 19.9. The van der Waals surface area contributed by atoms with Crippen molar-refractivity contribution >= 4 is 48.9 Å². The molecule has 184 valence electrons. The Morgan fingerprint density at radius 1 is 0.581 bits per heavy atom. The van der Waals surface area contributed by atoms with Crippen LogP contribution in [0, 0.1) is 5.41 Å². The minimum Gasteiger partial charge on any atom is -0.455 e. The van der Waals surface area contributed by atoms with Crippen LogP contribution in [0.3, 0.4) is 0 Å². The fraction of sp³-hybridized carbons (Fsp3) is 0.917. The van der Waals surface area contributed by atoms with Crippen LogP contribution < -0.4 is 0 Å². The van der Waals surface area contributed by atoms with E-state index in [0.717, 1.165) is 0 Å². The molecule has 0 unspecified atom stereocenters. The Balaban J connectivity index is 4.18. The zero-order chi connectivity index (χ0) is 25.3. The summed E-state index contributed by atoms with van der Waals surface area (Å²) in [6.45, 7) is 47.2. The molecule has 0 atom stereocenters. The predicted octanol–water partition coefficient (Wildman–Crippen LogP) is 9.39. The van der Waals surface area contributed by atoms with Crippen LogP contribution in [0.25, 0.3) is 0 Å². The first-order valence-corrected chi connectivity index (χ1v) is 32.3. The van der Waals surface area contributed by atoms with Crippen LogP contribution in [0.1, 0.15) is 20.8 Å². The van der Waals surface area contributed by atoms with E-state index in [1.807, 2.05) is 10.4 Å². The summed E-state index contributed by atoms with van der Waals surface area (Å²) in [6.07, 6.45) is 0. The lowest BCUT2D eigenvalue weighted by atomic mass is 9.99. The van der Waals surface area contributed by atoms with E-state index >= 15 is 0 Å². The standard InChI is InChI=1S/C24H58OSi6/c1-23(2,3)24(28(10,11)12,29(13,14)15)31(25-30(16,17)18)19-21(26(4,5)6)22(20-31)27(7,8)9/h19-20H2,1-18H3. The van der Waals surface area contributed by atoms with Crippen molar-refractivity contribution in [1.29, 1.82) is 0 Å². The van der Waals surface area contributed by atoms with Crippen LogP contribution in [0.4, 0.5) is 0 Å². The summed E-state index contributed by atoms with van der Waals surface area (Å²) in [5.74, 6) is 0. The zero-order valence-electron chi connectivity index (χ0n) is 24.8. The number of hydrogen-bond donors (Lipinski definition) is 0. The molecule has 0 aromatic carbocycles. The van der Waals surface area contributed by atoms with Crippen LogP contribution in [-0.2, 0) is 4.12 Å². The minimum atomic E-state index is -2.12.